The molecule has 0 unspecified atom stereocenters. The Balaban J connectivity index is 2.96. The minimum atomic E-state index is -1.23. The van der Waals surface area contributed by atoms with E-state index in [-0.39, 0.29) is 5.70 Å². The molecule has 1 amide bonds. The average Bonchev–Trinajstić information content (AvgIpc) is 2.37. The molecule has 1 rings (SSSR count). The molecule has 0 aromatic heterocycles. The van der Waals surface area contributed by atoms with Crippen molar-refractivity contribution < 1.29 is 24.2 Å². The molecule has 1 N–H and O–H groups in total. The van der Waals surface area contributed by atoms with Gasteiger partial charge in [0, 0.05) is 0 Å². The highest BCUT2D eigenvalue weighted by Gasteiger charge is 2.44. The van der Waals surface area contributed by atoms with Gasteiger partial charge in [-0.05, 0) is 34.6 Å². The summed E-state index contributed by atoms with van der Waals surface area (Å²) in [6.45, 7) is 8.30. The second-order valence-corrected chi connectivity index (χ2v) is 5.19. The van der Waals surface area contributed by atoms with E-state index >= 15 is 0 Å². The highest BCUT2D eigenvalue weighted by molar-refractivity contribution is 5.91. The minimum absolute atomic E-state index is 0.232. The van der Waals surface area contributed by atoms with Gasteiger partial charge in [0.25, 0.3) is 0 Å². The number of rotatable bonds is 1. The van der Waals surface area contributed by atoms with Crippen LogP contribution in [0.5, 0.6) is 0 Å². The number of carbonyl (C=O) groups is 2. The minimum Gasteiger partial charge on any atom is -0.476 e. The van der Waals surface area contributed by atoms with Crippen LogP contribution in [0.15, 0.2) is 12.0 Å². The van der Waals surface area contributed by atoms with E-state index in [2.05, 4.69) is 0 Å². The highest BCUT2D eigenvalue weighted by atomic mass is 16.6. The smallest absolute Gasteiger partial charge is 0.418 e. The lowest BCUT2D eigenvalue weighted by molar-refractivity contribution is -0.135. The first-order valence-corrected chi connectivity index (χ1v) is 5.19. The summed E-state index contributed by atoms with van der Waals surface area (Å²) in [6.07, 6.45) is 0.306. The Labute approximate surface area is 99.8 Å². The Morgan fingerprint density at radius 3 is 2.35 bits per heavy atom. The van der Waals surface area contributed by atoms with Crippen molar-refractivity contribution in [2.24, 2.45) is 0 Å². The molecule has 0 fully saturated rings. The van der Waals surface area contributed by atoms with E-state index in [4.69, 9.17) is 14.6 Å². The molecule has 0 spiro atoms. The molecule has 17 heavy (non-hydrogen) atoms. The molecule has 0 aliphatic carbocycles. The van der Waals surface area contributed by atoms with Crippen LogP contribution in [0.25, 0.3) is 0 Å². The van der Waals surface area contributed by atoms with Crippen molar-refractivity contribution in [2.75, 3.05) is 0 Å². The van der Waals surface area contributed by atoms with Gasteiger partial charge in [-0.2, -0.15) is 0 Å². The van der Waals surface area contributed by atoms with Crippen LogP contribution in [0.4, 0.5) is 4.79 Å². The number of ether oxygens (including phenoxy) is 2. The third kappa shape index (κ3) is 2.89. The fraction of sp³-hybridized carbons (Fsp3) is 0.636. The molecule has 6 nitrogen and oxygen atoms in total. The first kappa shape index (κ1) is 13.3. The van der Waals surface area contributed by atoms with Crippen molar-refractivity contribution in [3.05, 3.63) is 12.0 Å². The first-order chi connectivity index (χ1) is 7.54. The van der Waals surface area contributed by atoms with Crippen LogP contribution in [0.3, 0.4) is 0 Å². The molecule has 1 aliphatic heterocycles. The Morgan fingerprint density at radius 2 is 1.94 bits per heavy atom. The van der Waals surface area contributed by atoms with Crippen LogP contribution in [-0.4, -0.2) is 33.4 Å². The predicted molar refractivity (Wildman–Crippen MR) is 59.0 cm³/mol. The van der Waals surface area contributed by atoms with Gasteiger partial charge in [0.2, 0.25) is 0 Å². The van der Waals surface area contributed by atoms with Crippen molar-refractivity contribution in [1.82, 2.24) is 4.90 Å². The molecule has 0 saturated heterocycles. The lowest BCUT2D eigenvalue weighted by Gasteiger charge is -2.32. The highest BCUT2D eigenvalue weighted by Crippen LogP contribution is 2.30. The van der Waals surface area contributed by atoms with Gasteiger partial charge in [0.15, 0.2) is 11.4 Å². The van der Waals surface area contributed by atoms with E-state index in [1.54, 1.807) is 34.6 Å². The zero-order chi connectivity index (χ0) is 13.4. The number of nitrogens with zero attached hydrogens (tertiary/aromatic N) is 1. The van der Waals surface area contributed by atoms with Crippen molar-refractivity contribution >= 4 is 12.1 Å². The van der Waals surface area contributed by atoms with Gasteiger partial charge in [0.05, 0.1) is 0 Å². The van der Waals surface area contributed by atoms with E-state index in [1.807, 2.05) is 0 Å². The van der Waals surface area contributed by atoms with E-state index < -0.39 is 23.4 Å². The molecule has 0 aromatic rings. The third-order valence-corrected chi connectivity index (χ3v) is 2.03. The number of aliphatic carboxylic acids is 1. The maximum atomic E-state index is 11.9. The Hall–Kier alpha value is -1.72. The summed E-state index contributed by atoms with van der Waals surface area (Å²) in [6, 6.07) is 0. The van der Waals surface area contributed by atoms with Crippen molar-refractivity contribution in [1.29, 1.82) is 0 Å². The SMILES string of the molecule is CC(C)(C)OC(=O)N1C(C(=O)O)=COC1(C)C. The van der Waals surface area contributed by atoms with Crippen LogP contribution < -0.4 is 0 Å². The quantitative estimate of drug-likeness (QED) is 0.761. The van der Waals surface area contributed by atoms with Crippen molar-refractivity contribution in [3.8, 4) is 0 Å². The maximum absolute atomic E-state index is 11.9. The van der Waals surface area contributed by atoms with Crippen LogP contribution in [0.1, 0.15) is 34.6 Å². The molecule has 1 aliphatic rings. The van der Waals surface area contributed by atoms with Crippen molar-refractivity contribution in [3.63, 3.8) is 0 Å². The fourth-order valence-corrected chi connectivity index (χ4v) is 1.37. The molecule has 0 radical (unpaired) electrons. The summed E-state index contributed by atoms with van der Waals surface area (Å²) in [5.41, 5.74) is -1.99. The van der Waals surface area contributed by atoms with Crippen LogP contribution in [-0.2, 0) is 14.3 Å². The van der Waals surface area contributed by atoms with Gasteiger partial charge in [-0.25, -0.2) is 14.5 Å². The summed E-state index contributed by atoms with van der Waals surface area (Å²) in [4.78, 5) is 23.9. The third-order valence-electron chi connectivity index (χ3n) is 2.03. The number of hydrogen-bond donors (Lipinski definition) is 1. The summed E-state index contributed by atoms with van der Waals surface area (Å²) in [5, 5.41) is 8.97. The molecule has 6 heteroatoms. The summed E-state index contributed by atoms with van der Waals surface area (Å²) < 4.78 is 10.3. The van der Waals surface area contributed by atoms with E-state index in [0.717, 1.165) is 11.2 Å². The Morgan fingerprint density at radius 1 is 1.41 bits per heavy atom. The van der Waals surface area contributed by atoms with Gasteiger partial charge in [-0.1, -0.05) is 0 Å². The summed E-state index contributed by atoms with van der Waals surface area (Å²) in [7, 11) is 0. The fourth-order valence-electron chi connectivity index (χ4n) is 1.37. The number of carboxylic acids is 1. The molecular weight excluding hydrogens is 226 g/mol. The lowest BCUT2D eigenvalue weighted by Crippen LogP contribution is -2.47. The van der Waals surface area contributed by atoms with Gasteiger partial charge >= 0.3 is 12.1 Å². The molecular formula is C11H17NO5. The molecule has 1 heterocycles. The summed E-state index contributed by atoms with van der Waals surface area (Å²) in [5.74, 6) is -1.23. The number of amides is 1. The van der Waals surface area contributed by atoms with Crippen LogP contribution >= 0.6 is 0 Å². The van der Waals surface area contributed by atoms with Gasteiger partial charge in [-0.15, -0.1) is 0 Å². The number of carbonyl (C=O) groups excluding carboxylic acids is 1. The van der Waals surface area contributed by atoms with Gasteiger partial charge in [0.1, 0.15) is 11.9 Å². The zero-order valence-electron chi connectivity index (χ0n) is 10.6. The standard InChI is InChI=1S/C11H17NO5/c1-10(2,3)17-9(15)12-7(8(13)14)6-16-11(12,4)5/h6H,1-5H3,(H,13,14). The van der Waals surface area contributed by atoms with Crippen molar-refractivity contribution in [2.45, 2.75) is 45.9 Å². The normalized spacial score (nSPS) is 18.4. The summed E-state index contributed by atoms with van der Waals surface area (Å²) >= 11 is 0. The van der Waals surface area contributed by atoms with Crippen LogP contribution in [0.2, 0.25) is 0 Å². The molecule has 0 atom stereocenters. The van der Waals surface area contributed by atoms with Crippen LogP contribution in [0, 0.1) is 0 Å². The monoisotopic (exact) mass is 243 g/mol. The predicted octanol–water partition coefficient (Wildman–Crippen LogP) is 1.92. The lowest BCUT2D eigenvalue weighted by atomic mass is 10.2. The maximum Gasteiger partial charge on any atom is 0.418 e. The van der Waals surface area contributed by atoms with E-state index in [1.165, 1.54) is 0 Å². The van der Waals surface area contributed by atoms with Gasteiger partial charge in [-0.3, -0.25) is 0 Å². The van der Waals surface area contributed by atoms with Gasteiger partial charge < -0.3 is 14.6 Å². The van der Waals surface area contributed by atoms with E-state index in [9.17, 15) is 9.59 Å². The zero-order valence-corrected chi connectivity index (χ0v) is 10.6. The molecule has 96 valence electrons. The van der Waals surface area contributed by atoms with E-state index in [0.29, 0.717) is 0 Å². The molecule has 0 saturated carbocycles. The topological polar surface area (TPSA) is 76.1 Å². The second-order valence-electron chi connectivity index (χ2n) is 5.19. The number of hydrogen-bond acceptors (Lipinski definition) is 4. The number of carboxylic acid groups (broad SMARTS) is 1. The molecule has 0 bridgehead atoms. The Kier molecular flexibility index (Phi) is 3.09. The largest absolute Gasteiger partial charge is 0.476 e. The molecule has 0 aromatic carbocycles. The second kappa shape index (κ2) is 3.94. The first-order valence-electron chi connectivity index (χ1n) is 5.19. The average molecular weight is 243 g/mol. The Bertz CT molecular complexity index is 378.